The first kappa shape index (κ1) is 29.0. The maximum Gasteiger partial charge on any atom is 0.410 e. The average Bonchev–Trinajstić information content (AvgIpc) is 3.47. The van der Waals surface area contributed by atoms with Gasteiger partial charge < -0.3 is 29.8 Å². The van der Waals surface area contributed by atoms with Gasteiger partial charge in [0.1, 0.15) is 18.0 Å². The van der Waals surface area contributed by atoms with Gasteiger partial charge in [0, 0.05) is 36.1 Å². The number of benzene rings is 2. The van der Waals surface area contributed by atoms with Gasteiger partial charge in [-0.1, -0.05) is 44.2 Å². The van der Waals surface area contributed by atoms with E-state index >= 15 is 0 Å². The molecule has 0 saturated carbocycles. The highest BCUT2D eigenvalue weighted by Gasteiger charge is 2.44. The first-order valence-electron chi connectivity index (χ1n) is 13.0. The molecular weight excluding hydrogens is 489 g/mol. The van der Waals surface area contributed by atoms with Crippen LogP contribution in [0.1, 0.15) is 58.1 Å². The number of halogens is 1. The topological polar surface area (TPSA) is 104 Å². The molecule has 38 heavy (non-hydrogen) atoms. The smallest absolute Gasteiger partial charge is 0.410 e. The molecule has 0 radical (unpaired) electrons. The van der Waals surface area contributed by atoms with Gasteiger partial charge in [-0.15, -0.1) is 0 Å². The minimum Gasteiger partial charge on any atom is -0.445 e. The number of carbonyl (C=O) groups is 2. The van der Waals surface area contributed by atoms with Crippen LogP contribution in [0.25, 0.3) is 10.9 Å². The highest BCUT2D eigenvalue weighted by atomic mass is 19.1. The Bertz CT molecular complexity index is 1210. The second-order valence-electron chi connectivity index (χ2n) is 10.0. The third-order valence-corrected chi connectivity index (χ3v) is 6.21. The van der Waals surface area contributed by atoms with Gasteiger partial charge in [0.15, 0.2) is 0 Å². The molecule has 3 atom stereocenters. The molecule has 0 aliphatic carbocycles. The number of aromatic amines is 1. The monoisotopic (exact) mass is 527 g/mol. The summed E-state index contributed by atoms with van der Waals surface area (Å²) in [5.41, 5.74) is 1.47. The summed E-state index contributed by atoms with van der Waals surface area (Å²) < 4.78 is 24.8. The number of carbonyl (C=O) groups excluding carboxylic acids is 2. The summed E-state index contributed by atoms with van der Waals surface area (Å²) in [6.07, 6.45) is 0.104. The number of aliphatic hydroxyl groups is 1. The molecule has 206 valence electrons. The third kappa shape index (κ3) is 7.25. The molecule has 1 aliphatic rings. The van der Waals surface area contributed by atoms with Crippen LogP contribution < -0.4 is 5.32 Å². The molecule has 2 aromatic carbocycles. The molecule has 4 rings (SSSR count). The lowest BCUT2D eigenvalue weighted by Crippen LogP contribution is -2.48. The molecule has 9 heteroatoms. The van der Waals surface area contributed by atoms with Crippen molar-refractivity contribution in [3.8, 4) is 0 Å². The number of ether oxygens (including phenoxy) is 2. The normalized spacial score (nSPS) is 17.9. The summed E-state index contributed by atoms with van der Waals surface area (Å²) >= 11 is 0. The molecule has 0 unspecified atom stereocenters. The number of nitrogens with zero attached hydrogens (tertiary/aromatic N) is 1. The van der Waals surface area contributed by atoms with Crippen molar-refractivity contribution < 1.29 is 28.6 Å². The minimum absolute atomic E-state index is 0.0823. The molecule has 1 aromatic heterocycles. The fourth-order valence-electron chi connectivity index (χ4n) is 4.63. The summed E-state index contributed by atoms with van der Waals surface area (Å²) in [4.78, 5) is 30.1. The SMILES string of the molecule is CC.CC(C)(C)OC(=O)N1CC[C@H](O)[C@H]1[C@H](CNC(=O)OCc1ccccc1)c1c[nH]c2cc(F)ccc12. The van der Waals surface area contributed by atoms with Crippen molar-refractivity contribution in [3.63, 3.8) is 0 Å². The van der Waals surface area contributed by atoms with Crippen LogP contribution in [0.2, 0.25) is 0 Å². The fraction of sp³-hybridized carbons (Fsp3) is 0.448. The highest BCUT2D eigenvalue weighted by Crippen LogP contribution is 2.36. The quantitative estimate of drug-likeness (QED) is 0.381. The summed E-state index contributed by atoms with van der Waals surface area (Å²) in [5, 5.41) is 14.5. The number of hydrogen-bond donors (Lipinski definition) is 3. The molecule has 1 aliphatic heterocycles. The van der Waals surface area contributed by atoms with Crippen molar-refractivity contribution in [3.05, 3.63) is 71.7 Å². The van der Waals surface area contributed by atoms with Gasteiger partial charge in [-0.05, 0) is 56.5 Å². The summed E-state index contributed by atoms with van der Waals surface area (Å²) in [7, 11) is 0. The number of alkyl carbamates (subject to hydrolysis) is 1. The maximum atomic E-state index is 13.8. The van der Waals surface area contributed by atoms with E-state index in [1.54, 1.807) is 33.0 Å². The van der Waals surface area contributed by atoms with Gasteiger partial charge in [-0.3, -0.25) is 0 Å². The van der Waals surface area contributed by atoms with E-state index in [9.17, 15) is 19.1 Å². The lowest BCUT2D eigenvalue weighted by Gasteiger charge is -2.34. The zero-order valence-electron chi connectivity index (χ0n) is 22.7. The average molecular weight is 528 g/mol. The number of H-pyrrole nitrogens is 1. The third-order valence-electron chi connectivity index (χ3n) is 6.21. The second-order valence-corrected chi connectivity index (χ2v) is 10.0. The Hall–Kier alpha value is -3.59. The van der Waals surface area contributed by atoms with E-state index in [1.807, 2.05) is 44.2 Å². The molecule has 1 fully saturated rings. The Morgan fingerprint density at radius 1 is 1.18 bits per heavy atom. The predicted molar refractivity (Wildman–Crippen MR) is 144 cm³/mol. The highest BCUT2D eigenvalue weighted by molar-refractivity contribution is 5.84. The number of likely N-dealkylation sites (tertiary alicyclic amines) is 1. The second kappa shape index (κ2) is 12.8. The predicted octanol–water partition coefficient (Wildman–Crippen LogP) is 5.71. The van der Waals surface area contributed by atoms with Gasteiger partial charge in [0.2, 0.25) is 0 Å². The van der Waals surface area contributed by atoms with E-state index in [4.69, 9.17) is 9.47 Å². The molecular formula is C29H38FN3O5. The Kier molecular flexibility index (Phi) is 9.74. The van der Waals surface area contributed by atoms with Crippen LogP contribution in [0.3, 0.4) is 0 Å². The largest absolute Gasteiger partial charge is 0.445 e. The summed E-state index contributed by atoms with van der Waals surface area (Å²) in [6, 6.07) is 13.0. The van der Waals surface area contributed by atoms with Crippen molar-refractivity contribution in [1.29, 1.82) is 0 Å². The van der Waals surface area contributed by atoms with Crippen LogP contribution >= 0.6 is 0 Å². The van der Waals surface area contributed by atoms with E-state index in [2.05, 4.69) is 10.3 Å². The number of rotatable bonds is 6. The summed E-state index contributed by atoms with van der Waals surface area (Å²) in [5.74, 6) is -0.898. The molecule has 1 saturated heterocycles. The molecule has 2 heterocycles. The molecule has 0 bridgehead atoms. The van der Waals surface area contributed by atoms with Crippen molar-refractivity contribution in [2.75, 3.05) is 13.1 Å². The number of hydrogen-bond acceptors (Lipinski definition) is 5. The number of aliphatic hydroxyl groups excluding tert-OH is 1. The van der Waals surface area contributed by atoms with Crippen molar-refractivity contribution in [1.82, 2.24) is 15.2 Å². The lowest BCUT2D eigenvalue weighted by molar-refractivity contribution is 0.0117. The van der Waals surface area contributed by atoms with Crippen molar-refractivity contribution in [2.45, 2.75) is 71.3 Å². The molecule has 8 nitrogen and oxygen atoms in total. The van der Waals surface area contributed by atoms with E-state index in [0.29, 0.717) is 18.5 Å². The van der Waals surface area contributed by atoms with Crippen molar-refractivity contribution in [2.24, 2.45) is 0 Å². The Labute approximate surface area is 223 Å². The van der Waals surface area contributed by atoms with E-state index < -0.39 is 35.9 Å². The van der Waals surface area contributed by atoms with Crippen LogP contribution in [-0.2, 0) is 16.1 Å². The molecule has 2 amide bonds. The van der Waals surface area contributed by atoms with Crippen LogP contribution in [-0.4, -0.2) is 58.0 Å². The van der Waals surface area contributed by atoms with Crippen LogP contribution in [0, 0.1) is 5.82 Å². The first-order chi connectivity index (χ1) is 18.1. The standard InChI is InChI=1S/C27H32FN3O5.C2H6/c1-27(2,3)36-26(34)31-12-11-23(32)24(31)21(20-14-29-22-13-18(28)9-10-19(20)22)15-30-25(33)35-16-17-7-5-4-6-8-17;1-2/h4-10,13-14,21,23-24,29,32H,11-12,15-16H2,1-3H3,(H,30,33);1-2H3/t21-,23+,24-;/m1./s1. The van der Waals surface area contributed by atoms with E-state index in [-0.39, 0.29) is 19.0 Å². The zero-order chi connectivity index (χ0) is 27.9. The summed E-state index contributed by atoms with van der Waals surface area (Å²) in [6.45, 7) is 9.85. The Morgan fingerprint density at radius 2 is 1.89 bits per heavy atom. The van der Waals surface area contributed by atoms with Gasteiger partial charge in [-0.25, -0.2) is 14.0 Å². The zero-order valence-corrected chi connectivity index (χ0v) is 22.7. The lowest BCUT2D eigenvalue weighted by atomic mass is 9.88. The van der Waals surface area contributed by atoms with E-state index in [1.165, 1.54) is 17.0 Å². The van der Waals surface area contributed by atoms with Crippen LogP contribution in [0.15, 0.2) is 54.7 Å². The molecule has 0 spiro atoms. The number of amides is 2. The van der Waals surface area contributed by atoms with Gasteiger partial charge >= 0.3 is 12.2 Å². The van der Waals surface area contributed by atoms with Gasteiger partial charge in [0.25, 0.3) is 0 Å². The fourth-order valence-corrected chi connectivity index (χ4v) is 4.63. The number of aromatic nitrogens is 1. The van der Waals surface area contributed by atoms with Gasteiger partial charge in [-0.2, -0.15) is 0 Å². The molecule has 3 N–H and O–H groups in total. The number of fused-ring (bicyclic) bond motifs is 1. The van der Waals surface area contributed by atoms with E-state index in [0.717, 1.165) is 16.5 Å². The van der Waals surface area contributed by atoms with Crippen molar-refractivity contribution >= 4 is 23.1 Å². The van der Waals surface area contributed by atoms with Crippen LogP contribution in [0.4, 0.5) is 14.0 Å². The maximum absolute atomic E-state index is 13.8. The Morgan fingerprint density at radius 3 is 2.58 bits per heavy atom. The Balaban J connectivity index is 0.00000195. The van der Waals surface area contributed by atoms with Crippen LogP contribution in [0.5, 0.6) is 0 Å². The number of nitrogens with one attached hydrogen (secondary N) is 2. The first-order valence-corrected chi connectivity index (χ1v) is 13.0. The van der Waals surface area contributed by atoms with Gasteiger partial charge in [0.05, 0.1) is 12.1 Å². The molecule has 3 aromatic rings. The minimum atomic E-state index is -0.838.